The molecule has 1 N–H and O–H groups in total. The van der Waals surface area contributed by atoms with Crippen molar-refractivity contribution < 1.29 is 23.9 Å². The van der Waals surface area contributed by atoms with Gasteiger partial charge in [0.05, 0.1) is 18.7 Å². The predicted octanol–water partition coefficient (Wildman–Crippen LogP) is 4.04. The van der Waals surface area contributed by atoms with Gasteiger partial charge in [-0.25, -0.2) is 0 Å². The first-order valence-electron chi connectivity index (χ1n) is 10.0. The van der Waals surface area contributed by atoms with Crippen molar-refractivity contribution in [1.82, 2.24) is 0 Å². The number of benzene rings is 3. The number of carbonyl (C=O) groups is 3. The second-order valence-corrected chi connectivity index (χ2v) is 7.84. The van der Waals surface area contributed by atoms with Crippen LogP contribution >= 0.6 is 11.6 Å². The number of esters is 1. The molecule has 3 aromatic rings. The van der Waals surface area contributed by atoms with E-state index in [1.807, 2.05) is 36.4 Å². The summed E-state index contributed by atoms with van der Waals surface area (Å²) < 4.78 is 10.5. The molecule has 1 aliphatic rings. The smallest absolute Gasteiger partial charge is 0.311 e. The summed E-state index contributed by atoms with van der Waals surface area (Å²) >= 11 is 6.06. The Kier molecular flexibility index (Phi) is 6.28. The summed E-state index contributed by atoms with van der Waals surface area (Å²) in [5.41, 5.74) is 1.13. The summed E-state index contributed by atoms with van der Waals surface area (Å²) in [6.45, 7) is -0.313. The number of halogens is 1. The molecule has 0 saturated carbocycles. The standard InChI is InChI=1S/C24H21ClN2O5/c1-31-21-10-9-17(25)12-20(21)27-13-16(11-23(27)29)24(30)32-14-22(28)26-19-8-4-6-15-5-2-3-7-18(15)19/h2-10,12,16H,11,13-14H2,1H3,(H,26,28)/t16-/m1/s1. The Hall–Kier alpha value is -3.58. The average molecular weight is 453 g/mol. The maximum Gasteiger partial charge on any atom is 0.311 e. The second kappa shape index (κ2) is 9.28. The number of fused-ring (bicyclic) bond motifs is 1. The number of nitrogens with one attached hydrogen (secondary N) is 1. The third kappa shape index (κ3) is 4.53. The Morgan fingerprint density at radius 2 is 1.91 bits per heavy atom. The molecule has 7 nitrogen and oxygen atoms in total. The van der Waals surface area contributed by atoms with Gasteiger partial charge in [0.2, 0.25) is 5.91 Å². The summed E-state index contributed by atoms with van der Waals surface area (Å²) in [4.78, 5) is 38.8. The van der Waals surface area contributed by atoms with Crippen molar-refractivity contribution in [1.29, 1.82) is 0 Å². The van der Waals surface area contributed by atoms with Gasteiger partial charge in [-0.1, -0.05) is 48.0 Å². The van der Waals surface area contributed by atoms with Gasteiger partial charge in [0.15, 0.2) is 6.61 Å². The zero-order chi connectivity index (χ0) is 22.7. The summed E-state index contributed by atoms with van der Waals surface area (Å²) in [6, 6.07) is 18.2. The van der Waals surface area contributed by atoms with E-state index in [0.29, 0.717) is 22.1 Å². The van der Waals surface area contributed by atoms with Gasteiger partial charge in [0.25, 0.3) is 5.91 Å². The van der Waals surface area contributed by atoms with E-state index in [1.54, 1.807) is 24.3 Å². The molecule has 1 atom stereocenters. The van der Waals surface area contributed by atoms with E-state index in [0.717, 1.165) is 10.8 Å². The minimum absolute atomic E-state index is 0.0144. The number of hydrogen-bond acceptors (Lipinski definition) is 5. The van der Waals surface area contributed by atoms with Crippen LogP contribution in [0.15, 0.2) is 60.7 Å². The van der Waals surface area contributed by atoms with Gasteiger partial charge in [-0.15, -0.1) is 0 Å². The topological polar surface area (TPSA) is 84.9 Å². The largest absolute Gasteiger partial charge is 0.495 e. The van der Waals surface area contributed by atoms with Crippen molar-refractivity contribution in [3.05, 3.63) is 65.7 Å². The monoisotopic (exact) mass is 452 g/mol. The zero-order valence-corrected chi connectivity index (χ0v) is 18.1. The third-order valence-corrected chi connectivity index (χ3v) is 5.53. The second-order valence-electron chi connectivity index (χ2n) is 7.40. The minimum atomic E-state index is -0.684. The molecule has 0 aliphatic carbocycles. The van der Waals surface area contributed by atoms with Crippen LogP contribution in [0.3, 0.4) is 0 Å². The number of hydrogen-bond donors (Lipinski definition) is 1. The lowest BCUT2D eigenvalue weighted by Crippen LogP contribution is -2.28. The third-order valence-electron chi connectivity index (χ3n) is 5.30. The maximum atomic E-state index is 12.5. The molecule has 32 heavy (non-hydrogen) atoms. The molecular weight excluding hydrogens is 432 g/mol. The summed E-state index contributed by atoms with van der Waals surface area (Å²) in [5, 5.41) is 5.10. The van der Waals surface area contributed by atoms with Gasteiger partial charge in [0.1, 0.15) is 5.75 Å². The maximum absolute atomic E-state index is 12.5. The number of nitrogens with zero attached hydrogens (tertiary/aromatic N) is 1. The Bertz CT molecular complexity index is 1190. The van der Waals surface area contributed by atoms with E-state index < -0.39 is 24.4 Å². The highest BCUT2D eigenvalue weighted by Gasteiger charge is 2.37. The van der Waals surface area contributed by atoms with Crippen LogP contribution in [0.25, 0.3) is 10.8 Å². The molecule has 2 amide bonds. The first-order chi connectivity index (χ1) is 15.5. The van der Waals surface area contributed by atoms with E-state index in [1.165, 1.54) is 12.0 Å². The molecular formula is C24H21ClN2O5. The van der Waals surface area contributed by atoms with Crippen LogP contribution < -0.4 is 15.0 Å². The fraction of sp³-hybridized carbons (Fsp3) is 0.208. The molecule has 0 radical (unpaired) electrons. The zero-order valence-electron chi connectivity index (χ0n) is 17.3. The summed E-state index contributed by atoms with van der Waals surface area (Å²) in [7, 11) is 1.49. The lowest BCUT2D eigenvalue weighted by Gasteiger charge is -2.19. The van der Waals surface area contributed by atoms with Crippen LogP contribution in [0.5, 0.6) is 5.75 Å². The van der Waals surface area contributed by atoms with Gasteiger partial charge in [-0.2, -0.15) is 0 Å². The molecule has 0 unspecified atom stereocenters. The highest BCUT2D eigenvalue weighted by molar-refractivity contribution is 6.31. The van der Waals surface area contributed by atoms with E-state index in [2.05, 4.69) is 5.32 Å². The van der Waals surface area contributed by atoms with E-state index >= 15 is 0 Å². The molecule has 8 heteroatoms. The first kappa shape index (κ1) is 21.6. The van der Waals surface area contributed by atoms with Crippen LogP contribution in [0.2, 0.25) is 5.02 Å². The Morgan fingerprint density at radius 1 is 1.12 bits per heavy atom. The Labute approximate surface area is 189 Å². The molecule has 0 spiro atoms. The minimum Gasteiger partial charge on any atom is -0.495 e. The summed E-state index contributed by atoms with van der Waals surface area (Å²) in [5.74, 6) is -1.50. The first-order valence-corrected chi connectivity index (χ1v) is 10.4. The van der Waals surface area contributed by atoms with E-state index in [4.69, 9.17) is 21.1 Å². The molecule has 1 saturated heterocycles. The fourth-order valence-corrected chi connectivity index (χ4v) is 3.91. The highest BCUT2D eigenvalue weighted by Crippen LogP contribution is 2.35. The molecule has 164 valence electrons. The summed E-state index contributed by atoms with van der Waals surface area (Å²) in [6.07, 6.45) is -0.0144. The molecule has 1 heterocycles. The van der Waals surface area contributed by atoms with Crippen molar-refractivity contribution in [2.24, 2.45) is 5.92 Å². The molecule has 1 aliphatic heterocycles. The quantitative estimate of drug-likeness (QED) is 0.570. The Balaban J connectivity index is 1.37. The number of carbonyl (C=O) groups excluding carboxylic acids is 3. The van der Waals surface area contributed by atoms with Gasteiger partial charge >= 0.3 is 5.97 Å². The van der Waals surface area contributed by atoms with Crippen molar-refractivity contribution in [3.63, 3.8) is 0 Å². The van der Waals surface area contributed by atoms with Crippen LogP contribution in [-0.4, -0.2) is 38.0 Å². The van der Waals surface area contributed by atoms with Crippen LogP contribution in [0, 0.1) is 5.92 Å². The van der Waals surface area contributed by atoms with Crippen LogP contribution in [-0.2, 0) is 19.1 Å². The SMILES string of the molecule is COc1ccc(Cl)cc1N1C[C@H](C(=O)OCC(=O)Nc2cccc3ccccc23)CC1=O. The molecule has 3 aromatic carbocycles. The van der Waals surface area contributed by atoms with Crippen LogP contribution in [0.1, 0.15) is 6.42 Å². The Morgan fingerprint density at radius 3 is 2.72 bits per heavy atom. The number of methoxy groups -OCH3 is 1. The van der Waals surface area contributed by atoms with Gasteiger partial charge < -0.3 is 19.7 Å². The molecule has 4 rings (SSSR count). The molecule has 0 aromatic heterocycles. The number of rotatable bonds is 6. The highest BCUT2D eigenvalue weighted by atomic mass is 35.5. The number of anilines is 2. The normalized spacial score (nSPS) is 15.6. The average Bonchev–Trinajstić information content (AvgIpc) is 3.19. The van der Waals surface area contributed by atoms with Crippen molar-refractivity contribution in [3.8, 4) is 5.75 Å². The van der Waals surface area contributed by atoms with Crippen LogP contribution in [0.4, 0.5) is 11.4 Å². The van der Waals surface area contributed by atoms with Gasteiger partial charge in [-0.05, 0) is 29.7 Å². The lowest BCUT2D eigenvalue weighted by atomic mass is 10.1. The van der Waals surface area contributed by atoms with Crippen molar-refractivity contribution in [2.45, 2.75) is 6.42 Å². The van der Waals surface area contributed by atoms with Crippen molar-refractivity contribution in [2.75, 3.05) is 30.5 Å². The van der Waals surface area contributed by atoms with Crippen molar-refractivity contribution >= 4 is 51.5 Å². The van der Waals surface area contributed by atoms with Gasteiger partial charge in [-0.3, -0.25) is 14.4 Å². The predicted molar refractivity (Wildman–Crippen MR) is 122 cm³/mol. The van der Waals surface area contributed by atoms with E-state index in [-0.39, 0.29) is 18.9 Å². The molecule has 1 fully saturated rings. The van der Waals surface area contributed by atoms with Gasteiger partial charge in [0, 0.05) is 29.1 Å². The fourth-order valence-electron chi connectivity index (χ4n) is 3.75. The van der Waals surface area contributed by atoms with E-state index in [9.17, 15) is 14.4 Å². The number of amides is 2. The number of ether oxygens (including phenoxy) is 2. The lowest BCUT2D eigenvalue weighted by molar-refractivity contribution is -0.151. The molecule has 0 bridgehead atoms.